The van der Waals surface area contributed by atoms with Crippen LogP contribution in [0.3, 0.4) is 0 Å². The Labute approximate surface area is 84.6 Å². The second-order valence-corrected chi connectivity index (χ2v) is 3.45. The SMILES string of the molecule is Cc1nc2c(ccc3oc(=O)ccc32)[nH]1. The fourth-order valence-electron chi connectivity index (χ4n) is 1.75. The lowest BCUT2D eigenvalue weighted by atomic mass is 10.2. The van der Waals surface area contributed by atoms with Crippen LogP contribution in [0.1, 0.15) is 5.82 Å². The average molecular weight is 200 g/mol. The molecule has 0 unspecified atom stereocenters. The number of fused-ring (bicyclic) bond motifs is 3. The molecule has 3 aromatic rings. The number of hydrogen-bond acceptors (Lipinski definition) is 3. The first-order valence-electron chi connectivity index (χ1n) is 4.63. The number of aromatic amines is 1. The van der Waals surface area contributed by atoms with Crippen LogP contribution >= 0.6 is 0 Å². The minimum Gasteiger partial charge on any atom is -0.423 e. The zero-order chi connectivity index (χ0) is 10.4. The molecule has 0 aliphatic carbocycles. The summed E-state index contributed by atoms with van der Waals surface area (Å²) in [6.45, 7) is 1.89. The number of benzene rings is 1. The van der Waals surface area contributed by atoms with Crippen LogP contribution in [0.5, 0.6) is 0 Å². The Kier molecular flexibility index (Phi) is 1.48. The number of nitrogens with one attached hydrogen (secondary N) is 1. The molecular formula is C11H8N2O2. The lowest BCUT2D eigenvalue weighted by Gasteiger charge is -1.95. The Balaban J connectivity index is 2.59. The van der Waals surface area contributed by atoms with Gasteiger partial charge in [0.05, 0.1) is 11.0 Å². The first kappa shape index (κ1) is 8.23. The van der Waals surface area contributed by atoms with Crippen LogP contribution in [0.15, 0.2) is 33.5 Å². The van der Waals surface area contributed by atoms with Gasteiger partial charge >= 0.3 is 5.63 Å². The molecule has 0 bridgehead atoms. The molecule has 0 saturated heterocycles. The summed E-state index contributed by atoms with van der Waals surface area (Å²) in [5.41, 5.74) is 2.03. The lowest BCUT2D eigenvalue weighted by Crippen LogP contribution is -1.94. The minimum absolute atomic E-state index is 0.339. The summed E-state index contributed by atoms with van der Waals surface area (Å²) in [5.74, 6) is 0.851. The van der Waals surface area contributed by atoms with E-state index in [4.69, 9.17) is 4.42 Å². The molecule has 0 amide bonds. The van der Waals surface area contributed by atoms with Gasteiger partial charge in [-0.25, -0.2) is 9.78 Å². The van der Waals surface area contributed by atoms with Gasteiger partial charge in [0.1, 0.15) is 11.4 Å². The second-order valence-electron chi connectivity index (χ2n) is 3.45. The second kappa shape index (κ2) is 2.70. The van der Waals surface area contributed by atoms with Crippen molar-refractivity contribution in [2.24, 2.45) is 0 Å². The summed E-state index contributed by atoms with van der Waals surface area (Å²) in [5, 5.41) is 0.858. The van der Waals surface area contributed by atoms with Crippen LogP contribution in [0.25, 0.3) is 22.0 Å². The van der Waals surface area contributed by atoms with Crippen molar-refractivity contribution in [3.8, 4) is 0 Å². The third-order valence-electron chi connectivity index (χ3n) is 2.37. The van der Waals surface area contributed by atoms with Gasteiger partial charge in [0.15, 0.2) is 0 Å². The molecule has 1 aromatic carbocycles. The Hall–Kier alpha value is -2.10. The first-order chi connectivity index (χ1) is 7.24. The predicted molar refractivity (Wildman–Crippen MR) is 56.9 cm³/mol. The maximum absolute atomic E-state index is 11.0. The normalized spacial score (nSPS) is 11.3. The van der Waals surface area contributed by atoms with Gasteiger partial charge in [0, 0.05) is 11.5 Å². The highest BCUT2D eigenvalue weighted by molar-refractivity contribution is 6.01. The van der Waals surface area contributed by atoms with Gasteiger partial charge in [0.25, 0.3) is 0 Å². The summed E-state index contributed by atoms with van der Waals surface area (Å²) in [6.07, 6.45) is 0. The highest BCUT2D eigenvalue weighted by Crippen LogP contribution is 2.21. The van der Waals surface area contributed by atoms with E-state index in [1.54, 1.807) is 12.1 Å². The van der Waals surface area contributed by atoms with E-state index in [0.29, 0.717) is 5.58 Å². The molecule has 4 nitrogen and oxygen atoms in total. The fraction of sp³-hybridized carbons (Fsp3) is 0.0909. The quantitative estimate of drug-likeness (QED) is 0.564. The van der Waals surface area contributed by atoms with Crippen LogP contribution in [0.2, 0.25) is 0 Å². The van der Waals surface area contributed by atoms with Gasteiger partial charge < -0.3 is 9.40 Å². The van der Waals surface area contributed by atoms with Crippen molar-refractivity contribution >= 4 is 22.0 Å². The molecule has 15 heavy (non-hydrogen) atoms. The van der Waals surface area contributed by atoms with Crippen LogP contribution in [0.4, 0.5) is 0 Å². The van der Waals surface area contributed by atoms with Crippen LogP contribution in [0, 0.1) is 6.92 Å². The molecule has 3 rings (SSSR count). The summed E-state index contributed by atoms with van der Waals surface area (Å²) < 4.78 is 5.07. The Morgan fingerprint density at radius 1 is 1.27 bits per heavy atom. The van der Waals surface area contributed by atoms with Crippen molar-refractivity contribution < 1.29 is 4.42 Å². The molecule has 0 saturated carbocycles. The van der Waals surface area contributed by atoms with Crippen molar-refractivity contribution in [1.82, 2.24) is 9.97 Å². The number of rotatable bonds is 0. The van der Waals surface area contributed by atoms with Gasteiger partial charge in [0.2, 0.25) is 0 Å². The van der Waals surface area contributed by atoms with E-state index in [1.165, 1.54) is 6.07 Å². The predicted octanol–water partition coefficient (Wildman–Crippen LogP) is 1.98. The molecule has 0 radical (unpaired) electrons. The standard InChI is InChI=1S/C11H8N2O2/c1-6-12-8-3-4-9-7(11(8)13-6)2-5-10(14)15-9/h2-5H,1H3,(H,12,13). The fourth-order valence-corrected chi connectivity index (χ4v) is 1.75. The van der Waals surface area contributed by atoms with Crippen LogP contribution in [-0.2, 0) is 0 Å². The van der Waals surface area contributed by atoms with Crippen molar-refractivity contribution in [2.45, 2.75) is 6.92 Å². The van der Waals surface area contributed by atoms with Crippen molar-refractivity contribution in [3.63, 3.8) is 0 Å². The van der Waals surface area contributed by atoms with Gasteiger partial charge in [-0.2, -0.15) is 0 Å². The number of nitrogens with zero attached hydrogens (tertiary/aromatic N) is 1. The lowest BCUT2D eigenvalue weighted by molar-refractivity contribution is 0.561. The highest BCUT2D eigenvalue weighted by atomic mass is 16.4. The van der Waals surface area contributed by atoms with E-state index < -0.39 is 0 Å². The summed E-state index contributed by atoms with van der Waals surface area (Å²) in [4.78, 5) is 18.5. The highest BCUT2D eigenvalue weighted by Gasteiger charge is 2.05. The maximum Gasteiger partial charge on any atom is 0.336 e. The van der Waals surface area contributed by atoms with E-state index in [1.807, 2.05) is 13.0 Å². The molecular weight excluding hydrogens is 192 g/mol. The third-order valence-corrected chi connectivity index (χ3v) is 2.37. The van der Waals surface area contributed by atoms with Gasteiger partial charge in [-0.1, -0.05) is 0 Å². The van der Waals surface area contributed by atoms with E-state index in [0.717, 1.165) is 22.2 Å². The molecule has 0 spiro atoms. The Bertz CT molecular complexity index is 709. The number of aryl methyl sites for hydroxylation is 1. The number of imidazole rings is 1. The molecule has 74 valence electrons. The monoisotopic (exact) mass is 200 g/mol. The smallest absolute Gasteiger partial charge is 0.336 e. The number of aromatic nitrogens is 2. The van der Waals surface area contributed by atoms with Gasteiger partial charge in [-0.05, 0) is 25.1 Å². The Morgan fingerprint density at radius 3 is 3.00 bits per heavy atom. The molecule has 1 N–H and O–H groups in total. The van der Waals surface area contributed by atoms with Crippen molar-refractivity contribution in [2.75, 3.05) is 0 Å². The molecule has 0 fully saturated rings. The van der Waals surface area contributed by atoms with E-state index in [9.17, 15) is 4.79 Å². The molecule has 4 heteroatoms. The first-order valence-corrected chi connectivity index (χ1v) is 4.63. The zero-order valence-electron chi connectivity index (χ0n) is 8.07. The molecule has 0 aliphatic heterocycles. The average Bonchev–Trinajstić information content (AvgIpc) is 2.58. The van der Waals surface area contributed by atoms with Crippen molar-refractivity contribution in [3.05, 3.63) is 40.5 Å². The van der Waals surface area contributed by atoms with E-state index >= 15 is 0 Å². The molecule has 0 aliphatic rings. The van der Waals surface area contributed by atoms with Gasteiger partial charge in [-0.3, -0.25) is 0 Å². The zero-order valence-corrected chi connectivity index (χ0v) is 8.07. The van der Waals surface area contributed by atoms with Crippen LogP contribution in [-0.4, -0.2) is 9.97 Å². The summed E-state index contributed by atoms with van der Waals surface area (Å²) in [7, 11) is 0. The topological polar surface area (TPSA) is 58.9 Å². The van der Waals surface area contributed by atoms with E-state index in [2.05, 4.69) is 9.97 Å². The van der Waals surface area contributed by atoms with Crippen molar-refractivity contribution in [1.29, 1.82) is 0 Å². The Morgan fingerprint density at radius 2 is 2.13 bits per heavy atom. The van der Waals surface area contributed by atoms with E-state index in [-0.39, 0.29) is 5.63 Å². The third kappa shape index (κ3) is 1.15. The summed E-state index contributed by atoms with van der Waals surface area (Å²) in [6, 6.07) is 6.78. The maximum atomic E-state index is 11.0. The number of H-pyrrole nitrogens is 1. The van der Waals surface area contributed by atoms with Crippen LogP contribution < -0.4 is 5.63 Å². The molecule has 0 atom stereocenters. The molecule has 2 heterocycles. The molecule has 2 aromatic heterocycles. The van der Waals surface area contributed by atoms with Gasteiger partial charge in [-0.15, -0.1) is 0 Å². The largest absolute Gasteiger partial charge is 0.423 e. The number of hydrogen-bond donors (Lipinski definition) is 1. The summed E-state index contributed by atoms with van der Waals surface area (Å²) >= 11 is 0. The minimum atomic E-state index is -0.339.